The lowest BCUT2D eigenvalue weighted by Gasteiger charge is -2.08. The Morgan fingerprint density at radius 2 is 2.21 bits per heavy atom. The van der Waals surface area contributed by atoms with Gasteiger partial charge in [0.2, 0.25) is 5.91 Å². The Morgan fingerprint density at radius 1 is 1.38 bits per heavy atom. The summed E-state index contributed by atoms with van der Waals surface area (Å²) < 4.78 is 1.82. The van der Waals surface area contributed by atoms with Gasteiger partial charge in [-0.25, -0.2) is 0 Å². The van der Waals surface area contributed by atoms with E-state index in [1.807, 2.05) is 49.4 Å². The van der Waals surface area contributed by atoms with Crippen LogP contribution < -0.4 is 5.32 Å². The van der Waals surface area contributed by atoms with E-state index in [1.54, 1.807) is 6.07 Å². The van der Waals surface area contributed by atoms with Crippen molar-refractivity contribution in [3.8, 4) is 0 Å². The van der Waals surface area contributed by atoms with Gasteiger partial charge >= 0.3 is 0 Å². The van der Waals surface area contributed by atoms with Crippen LogP contribution in [0.15, 0.2) is 36.7 Å². The summed E-state index contributed by atoms with van der Waals surface area (Å²) in [5, 5.41) is 8.82. The maximum atomic E-state index is 12.3. The summed E-state index contributed by atoms with van der Waals surface area (Å²) in [5.41, 5.74) is 1.88. The second-order valence-corrected chi connectivity index (χ2v) is 6.43. The quantitative estimate of drug-likeness (QED) is 0.722. The van der Waals surface area contributed by atoms with E-state index < -0.39 is 0 Å². The molecule has 3 rings (SSSR count). The molecule has 2 heterocycles. The number of benzene rings is 1. The van der Waals surface area contributed by atoms with Crippen LogP contribution in [0.3, 0.4) is 0 Å². The highest BCUT2D eigenvalue weighted by molar-refractivity contribution is 6.31. The van der Waals surface area contributed by atoms with Crippen LogP contribution in [-0.4, -0.2) is 46.2 Å². The Kier molecular flexibility index (Phi) is 4.87. The molecule has 0 atom stereocenters. The van der Waals surface area contributed by atoms with Crippen LogP contribution in [0.25, 0.3) is 10.9 Å². The van der Waals surface area contributed by atoms with Gasteiger partial charge in [0.05, 0.1) is 13.0 Å². The first-order valence-corrected chi connectivity index (χ1v) is 8.12. The minimum absolute atomic E-state index is 0.103. The number of fused-ring (bicyclic) bond motifs is 1. The van der Waals surface area contributed by atoms with Crippen molar-refractivity contribution in [3.63, 3.8) is 0 Å². The molecule has 3 aromatic rings. The number of carbonyl (C=O) groups excluding carboxylic acids is 1. The molecule has 7 heteroatoms. The largest absolute Gasteiger partial charge is 0.361 e. The van der Waals surface area contributed by atoms with Gasteiger partial charge in [-0.1, -0.05) is 11.6 Å². The lowest BCUT2D eigenvalue weighted by molar-refractivity contribution is -0.115. The fraction of sp³-hybridized carbons (Fsp3) is 0.294. The first-order valence-electron chi connectivity index (χ1n) is 7.75. The predicted octanol–water partition coefficient (Wildman–Crippen LogP) is 2.76. The zero-order chi connectivity index (χ0) is 17.1. The van der Waals surface area contributed by atoms with Gasteiger partial charge in [-0.2, -0.15) is 5.10 Å². The summed E-state index contributed by atoms with van der Waals surface area (Å²) in [6.45, 7) is 1.68. The smallest absolute Gasteiger partial charge is 0.230 e. The molecule has 0 fully saturated rings. The van der Waals surface area contributed by atoms with E-state index >= 15 is 0 Å². The first-order chi connectivity index (χ1) is 11.5. The molecule has 1 aromatic carbocycles. The Bertz CT molecular complexity index is 852. The number of hydrogen-bond donors (Lipinski definition) is 2. The normalized spacial score (nSPS) is 11.3. The fourth-order valence-corrected chi connectivity index (χ4v) is 2.68. The molecular weight excluding hydrogens is 326 g/mol. The van der Waals surface area contributed by atoms with Crippen molar-refractivity contribution >= 4 is 34.2 Å². The number of carbonyl (C=O) groups is 1. The van der Waals surface area contributed by atoms with Crippen molar-refractivity contribution in [2.45, 2.75) is 13.0 Å². The second kappa shape index (κ2) is 7.07. The van der Waals surface area contributed by atoms with Gasteiger partial charge in [0, 0.05) is 40.9 Å². The first kappa shape index (κ1) is 16.5. The zero-order valence-corrected chi connectivity index (χ0v) is 14.5. The standard InChI is InChI=1S/C17H20ClN5O/c1-22(2)7-8-23-6-5-16(21-23)20-17(24)9-12-11-19-15-4-3-13(18)10-14(12)15/h3-6,10-11,19H,7-9H2,1-2H3,(H,20,21,24). The highest BCUT2D eigenvalue weighted by Crippen LogP contribution is 2.23. The summed E-state index contributed by atoms with van der Waals surface area (Å²) in [5.74, 6) is 0.463. The van der Waals surface area contributed by atoms with Crippen molar-refractivity contribution in [3.05, 3.63) is 47.2 Å². The van der Waals surface area contributed by atoms with Gasteiger partial charge in [0.25, 0.3) is 0 Å². The maximum Gasteiger partial charge on any atom is 0.230 e. The van der Waals surface area contributed by atoms with Crippen LogP contribution in [-0.2, 0) is 17.8 Å². The second-order valence-electron chi connectivity index (χ2n) is 6.00. The van der Waals surface area contributed by atoms with Crippen LogP contribution in [0.1, 0.15) is 5.56 Å². The number of halogens is 1. The lowest BCUT2D eigenvalue weighted by atomic mass is 10.1. The maximum absolute atomic E-state index is 12.3. The molecule has 0 aliphatic rings. The number of rotatable bonds is 6. The van der Waals surface area contributed by atoms with E-state index in [0.29, 0.717) is 10.8 Å². The molecule has 1 amide bonds. The molecule has 6 nitrogen and oxygen atoms in total. The topological polar surface area (TPSA) is 65.9 Å². The third kappa shape index (κ3) is 3.96. The third-order valence-electron chi connectivity index (χ3n) is 3.76. The lowest BCUT2D eigenvalue weighted by Crippen LogP contribution is -2.19. The Morgan fingerprint density at radius 3 is 3.00 bits per heavy atom. The van der Waals surface area contributed by atoms with Gasteiger partial charge in [-0.15, -0.1) is 0 Å². The number of aromatic nitrogens is 3. The van der Waals surface area contributed by atoms with Crippen molar-refractivity contribution in [1.29, 1.82) is 0 Å². The molecule has 0 saturated carbocycles. The van der Waals surface area contributed by atoms with Crippen LogP contribution in [0, 0.1) is 0 Å². The van der Waals surface area contributed by atoms with Crippen LogP contribution >= 0.6 is 11.6 Å². The monoisotopic (exact) mass is 345 g/mol. The number of amides is 1. The molecule has 2 N–H and O–H groups in total. The molecule has 0 spiro atoms. The number of nitrogens with one attached hydrogen (secondary N) is 2. The molecule has 126 valence electrons. The summed E-state index contributed by atoms with van der Waals surface area (Å²) in [6.07, 6.45) is 3.98. The number of aromatic amines is 1. The molecule has 0 aliphatic heterocycles. The molecule has 0 aliphatic carbocycles. The van der Waals surface area contributed by atoms with Gasteiger partial charge in [0.1, 0.15) is 0 Å². The van der Waals surface area contributed by atoms with Crippen LogP contribution in [0.5, 0.6) is 0 Å². The number of H-pyrrole nitrogens is 1. The van der Waals surface area contributed by atoms with Crippen LogP contribution in [0.4, 0.5) is 5.82 Å². The Labute approximate surface area is 145 Å². The van der Waals surface area contributed by atoms with Crippen molar-refractivity contribution < 1.29 is 4.79 Å². The van der Waals surface area contributed by atoms with E-state index in [9.17, 15) is 4.79 Å². The Balaban J connectivity index is 1.64. The number of anilines is 1. The number of likely N-dealkylation sites (N-methyl/N-ethyl adjacent to an activating group) is 1. The minimum atomic E-state index is -0.103. The summed E-state index contributed by atoms with van der Waals surface area (Å²) in [4.78, 5) is 17.5. The molecule has 2 aromatic heterocycles. The van der Waals surface area contributed by atoms with Gasteiger partial charge in [-0.05, 0) is 37.9 Å². The molecule has 0 radical (unpaired) electrons. The highest BCUT2D eigenvalue weighted by Gasteiger charge is 2.11. The van der Waals surface area contributed by atoms with Crippen molar-refractivity contribution in [2.75, 3.05) is 26.0 Å². The molecule has 0 saturated heterocycles. The molecular formula is C17H20ClN5O. The van der Waals surface area contributed by atoms with Gasteiger partial charge in [-0.3, -0.25) is 9.48 Å². The van der Waals surface area contributed by atoms with Crippen molar-refractivity contribution in [2.24, 2.45) is 0 Å². The van der Waals surface area contributed by atoms with Crippen molar-refractivity contribution in [1.82, 2.24) is 19.7 Å². The van der Waals surface area contributed by atoms with E-state index in [0.717, 1.165) is 29.6 Å². The highest BCUT2D eigenvalue weighted by atomic mass is 35.5. The summed E-state index contributed by atoms with van der Waals surface area (Å²) >= 11 is 6.04. The van der Waals surface area contributed by atoms with E-state index in [2.05, 4.69) is 20.3 Å². The summed E-state index contributed by atoms with van der Waals surface area (Å²) in [7, 11) is 4.03. The van der Waals surface area contributed by atoms with E-state index in [-0.39, 0.29) is 12.3 Å². The molecule has 0 bridgehead atoms. The predicted molar refractivity (Wildman–Crippen MR) is 96.4 cm³/mol. The van der Waals surface area contributed by atoms with E-state index in [4.69, 9.17) is 11.6 Å². The van der Waals surface area contributed by atoms with Gasteiger partial charge < -0.3 is 15.2 Å². The average molecular weight is 346 g/mol. The minimum Gasteiger partial charge on any atom is -0.361 e. The molecule has 24 heavy (non-hydrogen) atoms. The average Bonchev–Trinajstić information content (AvgIpc) is 3.12. The SMILES string of the molecule is CN(C)CCn1ccc(NC(=O)Cc2c[nH]c3ccc(Cl)cc23)n1. The zero-order valence-electron chi connectivity index (χ0n) is 13.7. The summed E-state index contributed by atoms with van der Waals surface area (Å²) in [6, 6.07) is 7.40. The van der Waals surface area contributed by atoms with E-state index in [1.165, 1.54) is 0 Å². The molecule has 0 unspecified atom stereocenters. The number of nitrogens with zero attached hydrogens (tertiary/aromatic N) is 3. The van der Waals surface area contributed by atoms with Crippen LogP contribution in [0.2, 0.25) is 5.02 Å². The number of hydrogen-bond acceptors (Lipinski definition) is 3. The third-order valence-corrected chi connectivity index (χ3v) is 4.00. The Hall–Kier alpha value is -2.31. The fourth-order valence-electron chi connectivity index (χ4n) is 2.51. The van der Waals surface area contributed by atoms with Gasteiger partial charge in [0.15, 0.2) is 5.82 Å².